The molecule has 6 nitrogen and oxygen atoms in total. The van der Waals surface area contributed by atoms with Gasteiger partial charge < -0.3 is 5.11 Å². The first kappa shape index (κ1) is 19.0. The molecule has 142 valence electrons. The molecule has 2 heterocycles. The number of hydrogen-bond acceptors (Lipinski definition) is 5. The van der Waals surface area contributed by atoms with Crippen molar-refractivity contribution in [3.63, 3.8) is 0 Å². The van der Waals surface area contributed by atoms with E-state index in [9.17, 15) is 5.11 Å². The van der Waals surface area contributed by atoms with Crippen molar-refractivity contribution in [3.8, 4) is 5.69 Å². The fourth-order valence-corrected chi connectivity index (χ4v) is 3.91. The zero-order valence-corrected chi connectivity index (χ0v) is 16.6. The molecule has 2 aromatic rings. The van der Waals surface area contributed by atoms with Crippen molar-refractivity contribution in [1.82, 2.24) is 25.1 Å². The maximum atomic E-state index is 9.86. The molecule has 2 atom stereocenters. The van der Waals surface area contributed by atoms with Crippen LogP contribution in [0.2, 0.25) is 0 Å². The summed E-state index contributed by atoms with van der Waals surface area (Å²) in [6.07, 6.45) is 3.02. The van der Waals surface area contributed by atoms with Crippen LogP contribution in [0.1, 0.15) is 63.0 Å². The number of benzene rings is 1. The summed E-state index contributed by atoms with van der Waals surface area (Å²) >= 11 is 0. The number of nitrogens with zero attached hydrogens (tertiary/aromatic N) is 5. The number of aliphatic hydroxyl groups excluding tert-OH is 1. The van der Waals surface area contributed by atoms with Gasteiger partial charge in [-0.1, -0.05) is 39.0 Å². The van der Waals surface area contributed by atoms with E-state index in [4.69, 9.17) is 0 Å². The van der Waals surface area contributed by atoms with Crippen LogP contribution in [-0.4, -0.2) is 49.4 Å². The van der Waals surface area contributed by atoms with Gasteiger partial charge in [0.25, 0.3) is 0 Å². The second-order valence-electron chi connectivity index (χ2n) is 8.67. The van der Waals surface area contributed by atoms with Crippen LogP contribution in [0.15, 0.2) is 18.2 Å². The lowest BCUT2D eigenvalue weighted by Gasteiger charge is -2.31. The standard InChI is InChI=1S/C20H31N5O/c1-14-7-6-8-15(2)18(14)25-19(21-22-23-25)17-10-9-16(13-26)24(17)12-11-20(3,4)5/h6-8,16-17,26H,9-13H2,1-5H3/t16-,17-/m0/s1. The van der Waals surface area contributed by atoms with Gasteiger partial charge in [-0.3, -0.25) is 4.90 Å². The number of aromatic nitrogens is 4. The Bertz CT molecular complexity index is 729. The summed E-state index contributed by atoms with van der Waals surface area (Å²) in [4.78, 5) is 2.40. The second kappa shape index (κ2) is 7.45. The zero-order valence-electron chi connectivity index (χ0n) is 16.6. The highest BCUT2D eigenvalue weighted by Crippen LogP contribution is 2.37. The van der Waals surface area contributed by atoms with E-state index in [1.807, 2.05) is 4.68 Å². The third-order valence-corrected chi connectivity index (χ3v) is 5.42. The summed E-state index contributed by atoms with van der Waals surface area (Å²) in [7, 11) is 0. The van der Waals surface area contributed by atoms with E-state index in [2.05, 4.69) is 73.2 Å². The highest BCUT2D eigenvalue weighted by Gasteiger charge is 2.37. The molecule has 1 aromatic heterocycles. The fourth-order valence-electron chi connectivity index (χ4n) is 3.91. The molecule has 1 N–H and O–H groups in total. The lowest BCUT2D eigenvalue weighted by molar-refractivity contribution is 0.111. The third kappa shape index (κ3) is 3.81. The van der Waals surface area contributed by atoms with Crippen molar-refractivity contribution in [2.45, 2.75) is 66.0 Å². The molecule has 26 heavy (non-hydrogen) atoms. The number of hydrogen-bond donors (Lipinski definition) is 1. The molecule has 3 rings (SSSR count). The van der Waals surface area contributed by atoms with Crippen LogP contribution < -0.4 is 0 Å². The molecule has 1 fully saturated rings. The van der Waals surface area contributed by atoms with Crippen molar-refractivity contribution in [1.29, 1.82) is 0 Å². The van der Waals surface area contributed by atoms with Gasteiger partial charge in [0, 0.05) is 6.04 Å². The topological polar surface area (TPSA) is 67.1 Å². The lowest BCUT2D eigenvalue weighted by Crippen LogP contribution is -2.37. The summed E-state index contributed by atoms with van der Waals surface area (Å²) in [6.45, 7) is 12.1. The number of para-hydroxylation sites is 1. The fraction of sp³-hybridized carbons (Fsp3) is 0.650. The average molecular weight is 358 g/mol. The monoisotopic (exact) mass is 357 g/mol. The van der Waals surface area contributed by atoms with Gasteiger partial charge in [-0.25, -0.2) is 0 Å². The van der Waals surface area contributed by atoms with Crippen molar-refractivity contribution < 1.29 is 5.11 Å². The van der Waals surface area contributed by atoms with E-state index in [1.54, 1.807) is 0 Å². The Morgan fingerprint density at radius 2 is 1.85 bits per heavy atom. The predicted molar refractivity (Wildman–Crippen MR) is 102 cm³/mol. The quantitative estimate of drug-likeness (QED) is 0.890. The minimum absolute atomic E-state index is 0.142. The van der Waals surface area contributed by atoms with Gasteiger partial charge in [-0.15, -0.1) is 5.10 Å². The molecule has 1 aliphatic rings. The second-order valence-corrected chi connectivity index (χ2v) is 8.67. The van der Waals surface area contributed by atoms with E-state index in [0.29, 0.717) is 0 Å². The SMILES string of the molecule is Cc1cccc(C)c1-n1nnnc1[C@@H]1CC[C@@H](CO)N1CCC(C)(C)C. The molecule has 0 aliphatic carbocycles. The molecule has 0 amide bonds. The normalized spacial score (nSPS) is 21.5. The van der Waals surface area contributed by atoms with Gasteiger partial charge in [0.2, 0.25) is 0 Å². The lowest BCUT2D eigenvalue weighted by atomic mass is 9.92. The van der Waals surface area contributed by atoms with E-state index >= 15 is 0 Å². The third-order valence-electron chi connectivity index (χ3n) is 5.42. The highest BCUT2D eigenvalue weighted by molar-refractivity contribution is 5.46. The van der Waals surface area contributed by atoms with Gasteiger partial charge in [-0.2, -0.15) is 4.68 Å². The molecule has 0 radical (unpaired) electrons. The molecular weight excluding hydrogens is 326 g/mol. The molecular formula is C20H31N5O. The Morgan fingerprint density at radius 1 is 1.15 bits per heavy atom. The summed E-state index contributed by atoms with van der Waals surface area (Å²) < 4.78 is 1.90. The Morgan fingerprint density at radius 3 is 2.46 bits per heavy atom. The number of rotatable bonds is 5. The summed E-state index contributed by atoms with van der Waals surface area (Å²) in [5, 5.41) is 22.6. The summed E-state index contributed by atoms with van der Waals surface area (Å²) in [5.74, 6) is 0.882. The Kier molecular flexibility index (Phi) is 5.44. The Hall–Kier alpha value is -1.79. The van der Waals surface area contributed by atoms with Gasteiger partial charge in [-0.05, 0) is 66.6 Å². The average Bonchev–Trinajstić information content (AvgIpc) is 3.18. The smallest absolute Gasteiger partial charge is 0.173 e. The van der Waals surface area contributed by atoms with Gasteiger partial charge in [0.05, 0.1) is 18.3 Å². The minimum Gasteiger partial charge on any atom is -0.395 e. The summed E-state index contributed by atoms with van der Waals surface area (Å²) in [5.41, 5.74) is 3.65. The van der Waals surface area contributed by atoms with Gasteiger partial charge in [0.1, 0.15) is 0 Å². The van der Waals surface area contributed by atoms with Crippen LogP contribution in [-0.2, 0) is 0 Å². The maximum absolute atomic E-state index is 9.86. The predicted octanol–water partition coefficient (Wildman–Crippen LogP) is 3.21. The Balaban J connectivity index is 1.94. The number of aryl methyl sites for hydroxylation is 2. The van der Waals surface area contributed by atoms with Gasteiger partial charge in [0.15, 0.2) is 5.82 Å². The van der Waals surface area contributed by atoms with Crippen LogP contribution in [0.5, 0.6) is 0 Å². The van der Waals surface area contributed by atoms with Crippen LogP contribution in [0.3, 0.4) is 0 Å². The van der Waals surface area contributed by atoms with E-state index < -0.39 is 0 Å². The molecule has 0 spiro atoms. The summed E-state index contributed by atoms with van der Waals surface area (Å²) in [6, 6.07) is 6.58. The molecule has 0 unspecified atom stereocenters. The van der Waals surface area contributed by atoms with Crippen LogP contribution in [0.4, 0.5) is 0 Å². The van der Waals surface area contributed by atoms with Crippen molar-refractivity contribution >= 4 is 0 Å². The minimum atomic E-state index is 0.142. The van der Waals surface area contributed by atoms with Crippen LogP contribution in [0.25, 0.3) is 5.69 Å². The van der Waals surface area contributed by atoms with Crippen molar-refractivity contribution in [3.05, 3.63) is 35.2 Å². The van der Waals surface area contributed by atoms with E-state index in [0.717, 1.165) is 48.4 Å². The number of tetrazole rings is 1. The maximum Gasteiger partial charge on any atom is 0.173 e. The number of likely N-dealkylation sites (tertiary alicyclic amines) is 1. The molecule has 0 saturated carbocycles. The molecule has 0 bridgehead atoms. The van der Waals surface area contributed by atoms with Crippen LogP contribution >= 0.6 is 0 Å². The first-order valence-corrected chi connectivity index (χ1v) is 9.53. The first-order valence-electron chi connectivity index (χ1n) is 9.53. The Labute approximate surface area is 156 Å². The highest BCUT2D eigenvalue weighted by atomic mass is 16.3. The van der Waals surface area contributed by atoms with Crippen molar-refractivity contribution in [2.75, 3.05) is 13.2 Å². The first-order chi connectivity index (χ1) is 12.3. The van der Waals surface area contributed by atoms with Crippen molar-refractivity contribution in [2.24, 2.45) is 5.41 Å². The van der Waals surface area contributed by atoms with Crippen LogP contribution in [0, 0.1) is 19.3 Å². The zero-order chi connectivity index (χ0) is 18.9. The largest absolute Gasteiger partial charge is 0.395 e. The van der Waals surface area contributed by atoms with E-state index in [-0.39, 0.29) is 24.1 Å². The molecule has 1 saturated heterocycles. The van der Waals surface area contributed by atoms with E-state index in [1.165, 1.54) is 0 Å². The molecule has 6 heteroatoms. The number of aliphatic hydroxyl groups is 1. The van der Waals surface area contributed by atoms with Gasteiger partial charge >= 0.3 is 0 Å². The molecule has 1 aliphatic heterocycles. The molecule has 1 aromatic carbocycles.